The molecule has 4 fully saturated rings. The molecule has 2 amide bonds. The number of amides is 2. The molecule has 2 unspecified atom stereocenters. The molecule has 5 aliphatic rings. The average molecular weight is 434 g/mol. The van der Waals surface area contributed by atoms with Crippen molar-refractivity contribution in [3.63, 3.8) is 0 Å². The van der Waals surface area contributed by atoms with E-state index in [1.54, 1.807) is 6.07 Å². The van der Waals surface area contributed by atoms with E-state index in [4.69, 9.17) is 0 Å². The number of hydrogen-bond acceptors (Lipinski definition) is 3. The Kier molecular flexibility index (Phi) is 3.71. The van der Waals surface area contributed by atoms with E-state index in [9.17, 15) is 14.7 Å². The average Bonchev–Trinajstić information content (AvgIpc) is 3.32. The molecule has 32 heavy (non-hydrogen) atoms. The van der Waals surface area contributed by atoms with Gasteiger partial charge in [0.15, 0.2) is 0 Å². The number of hydrogen-bond donors (Lipinski definition) is 3. The number of fused-ring (bicyclic) bond motifs is 4. The van der Waals surface area contributed by atoms with Crippen LogP contribution >= 0.6 is 0 Å². The Hall–Kier alpha value is -2.76. The Bertz CT molecular complexity index is 1230. The number of allylic oxidation sites excluding steroid dienone is 2. The summed E-state index contributed by atoms with van der Waals surface area (Å²) < 4.78 is 0. The number of benzene rings is 1. The molecule has 0 saturated carbocycles. The van der Waals surface area contributed by atoms with Crippen molar-refractivity contribution in [3.8, 4) is 5.75 Å². The van der Waals surface area contributed by atoms with Crippen molar-refractivity contribution in [2.45, 2.75) is 76.3 Å². The lowest BCUT2D eigenvalue weighted by atomic mass is 9.51. The molecule has 5 heterocycles. The SMILES string of the molecule is CC(C)=CCc1c(O)ccc2c3c([nH]c12)C(C)(C)[C@H]1CC24CCCN2C(=O)C1(C3)NC4=O. The Morgan fingerprint density at radius 1 is 1.28 bits per heavy atom. The first-order valence-electron chi connectivity index (χ1n) is 11.8. The van der Waals surface area contributed by atoms with Gasteiger partial charge >= 0.3 is 0 Å². The predicted octanol–water partition coefficient (Wildman–Crippen LogP) is 3.47. The monoisotopic (exact) mass is 433 g/mol. The molecule has 3 atom stereocenters. The quantitative estimate of drug-likeness (QED) is 0.634. The summed E-state index contributed by atoms with van der Waals surface area (Å²) in [5.74, 6) is 0.450. The van der Waals surface area contributed by atoms with Crippen molar-refractivity contribution in [2.24, 2.45) is 5.92 Å². The number of rotatable bonds is 2. The second-order valence-corrected chi connectivity index (χ2v) is 11.1. The lowest BCUT2D eigenvalue weighted by Crippen LogP contribution is -2.84. The number of aromatic hydroxyl groups is 1. The van der Waals surface area contributed by atoms with Crippen molar-refractivity contribution in [2.75, 3.05) is 6.54 Å². The van der Waals surface area contributed by atoms with Crippen LogP contribution in [0, 0.1) is 5.92 Å². The van der Waals surface area contributed by atoms with Crippen LogP contribution in [-0.2, 0) is 27.8 Å². The molecule has 2 aromatic rings. The predicted molar refractivity (Wildman–Crippen MR) is 122 cm³/mol. The van der Waals surface area contributed by atoms with Gasteiger partial charge in [-0.05, 0) is 57.2 Å². The van der Waals surface area contributed by atoms with E-state index < -0.39 is 11.1 Å². The summed E-state index contributed by atoms with van der Waals surface area (Å²) in [6.45, 7) is 9.21. The standard InChI is InChI=1S/C26H31N3O3/c1-14(2)6-7-16-18(30)9-8-15-17-12-26-19(24(3,4)21(17)27-20(15)16)13-25(22(31)28-26)10-5-11-29(25)23(26)32/h6,8-9,19,27,30H,5,7,10-13H2,1-4H3,(H,28,31)/t19-,25?,26?/m1/s1. The third-order valence-electron chi connectivity index (χ3n) is 8.86. The summed E-state index contributed by atoms with van der Waals surface area (Å²) >= 11 is 0. The molecule has 4 saturated heterocycles. The minimum absolute atomic E-state index is 0.0324. The normalized spacial score (nSPS) is 31.9. The van der Waals surface area contributed by atoms with Gasteiger partial charge in [0.1, 0.15) is 16.8 Å². The Balaban J connectivity index is 1.57. The maximum atomic E-state index is 13.9. The topological polar surface area (TPSA) is 85.4 Å². The number of phenolic OH excluding ortho intramolecular Hbond substituents is 1. The second kappa shape index (κ2) is 5.97. The summed E-state index contributed by atoms with van der Waals surface area (Å²) in [7, 11) is 0. The molecule has 2 spiro atoms. The number of aromatic amines is 1. The molecule has 1 aromatic heterocycles. The molecule has 1 aliphatic carbocycles. The van der Waals surface area contributed by atoms with Gasteiger partial charge in [-0.1, -0.05) is 25.5 Å². The van der Waals surface area contributed by atoms with Gasteiger partial charge in [0, 0.05) is 40.9 Å². The number of nitrogens with zero attached hydrogens (tertiary/aromatic N) is 1. The van der Waals surface area contributed by atoms with Gasteiger partial charge in [0.05, 0.1) is 5.52 Å². The Labute approximate surface area is 188 Å². The van der Waals surface area contributed by atoms with Crippen LogP contribution in [0.4, 0.5) is 0 Å². The molecule has 3 N–H and O–H groups in total. The molecule has 0 radical (unpaired) electrons. The van der Waals surface area contributed by atoms with Crippen LogP contribution in [0.15, 0.2) is 23.8 Å². The van der Waals surface area contributed by atoms with Crippen molar-refractivity contribution >= 4 is 22.7 Å². The van der Waals surface area contributed by atoms with Gasteiger partial charge in [-0.3, -0.25) is 9.59 Å². The zero-order valence-electron chi connectivity index (χ0n) is 19.3. The zero-order valence-corrected chi connectivity index (χ0v) is 19.3. The van der Waals surface area contributed by atoms with Crippen LogP contribution in [0.1, 0.15) is 63.8 Å². The first kappa shape index (κ1) is 19.9. The van der Waals surface area contributed by atoms with E-state index in [1.165, 1.54) is 5.57 Å². The van der Waals surface area contributed by atoms with Gasteiger partial charge < -0.3 is 20.3 Å². The largest absolute Gasteiger partial charge is 0.508 e. The number of H-pyrrole nitrogens is 1. The molecule has 7 rings (SSSR count). The summed E-state index contributed by atoms with van der Waals surface area (Å²) in [6, 6.07) is 3.71. The highest BCUT2D eigenvalue weighted by Crippen LogP contribution is 2.59. The summed E-state index contributed by atoms with van der Waals surface area (Å²) in [5.41, 5.74) is 3.40. The lowest BCUT2D eigenvalue weighted by Gasteiger charge is -2.64. The van der Waals surface area contributed by atoms with Gasteiger partial charge in [-0.2, -0.15) is 0 Å². The van der Waals surface area contributed by atoms with Gasteiger partial charge in [0.2, 0.25) is 11.8 Å². The van der Waals surface area contributed by atoms with E-state index in [0.29, 0.717) is 19.4 Å². The molecule has 168 valence electrons. The van der Waals surface area contributed by atoms with Gasteiger partial charge in [-0.15, -0.1) is 0 Å². The smallest absolute Gasteiger partial charge is 0.249 e. The highest BCUT2D eigenvalue weighted by atomic mass is 16.3. The van der Waals surface area contributed by atoms with Gasteiger partial charge in [0.25, 0.3) is 0 Å². The number of aromatic nitrogens is 1. The minimum atomic E-state index is -0.882. The first-order valence-corrected chi connectivity index (χ1v) is 11.8. The minimum Gasteiger partial charge on any atom is -0.508 e. The maximum absolute atomic E-state index is 13.9. The fourth-order valence-corrected chi connectivity index (χ4v) is 7.26. The molecule has 2 bridgehead atoms. The highest BCUT2D eigenvalue weighted by Gasteiger charge is 2.72. The zero-order chi connectivity index (χ0) is 22.6. The van der Waals surface area contributed by atoms with E-state index in [-0.39, 0.29) is 28.9 Å². The van der Waals surface area contributed by atoms with E-state index in [2.05, 4.69) is 44.1 Å². The molecular formula is C26H31N3O3. The molecule has 4 aliphatic heterocycles. The summed E-state index contributed by atoms with van der Waals surface area (Å²) in [5, 5.41) is 14.9. The Morgan fingerprint density at radius 2 is 2.06 bits per heavy atom. The number of carbonyl (C=O) groups excluding carboxylic acids is 2. The van der Waals surface area contributed by atoms with Crippen molar-refractivity contribution in [1.29, 1.82) is 0 Å². The fraction of sp³-hybridized carbons (Fsp3) is 0.538. The third-order valence-corrected chi connectivity index (χ3v) is 8.86. The van der Waals surface area contributed by atoms with Crippen LogP contribution in [0.5, 0.6) is 5.75 Å². The first-order chi connectivity index (χ1) is 15.1. The molecule has 6 heteroatoms. The van der Waals surface area contributed by atoms with Crippen molar-refractivity contribution in [3.05, 3.63) is 40.6 Å². The van der Waals surface area contributed by atoms with E-state index in [0.717, 1.165) is 47.0 Å². The van der Waals surface area contributed by atoms with Crippen LogP contribution < -0.4 is 5.32 Å². The summed E-state index contributed by atoms with van der Waals surface area (Å²) in [4.78, 5) is 32.7. The third kappa shape index (κ3) is 2.16. The van der Waals surface area contributed by atoms with Crippen LogP contribution in [0.25, 0.3) is 10.9 Å². The number of nitrogens with one attached hydrogen (secondary N) is 2. The lowest BCUT2D eigenvalue weighted by molar-refractivity contribution is -0.179. The number of piperidine rings is 2. The van der Waals surface area contributed by atoms with E-state index in [1.807, 2.05) is 11.0 Å². The molecule has 1 aromatic carbocycles. The fourth-order valence-electron chi connectivity index (χ4n) is 7.26. The molecular weight excluding hydrogens is 402 g/mol. The van der Waals surface area contributed by atoms with E-state index >= 15 is 0 Å². The van der Waals surface area contributed by atoms with Crippen LogP contribution in [0.3, 0.4) is 0 Å². The van der Waals surface area contributed by atoms with Crippen molar-refractivity contribution < 1.29 is 14.7 Å². The number of piperazine rings is 1. The van der Waals surface area contributed by atoms with Crippen molar-refractivity contribution in [1.82, 2.24) is 15.2 Å². The number of phenols is 1. The van der Waals surface area contributed by atoms with Crippen LogP contribution in [-0.4, -0.2) is 44.4 Å². The second-order valence-electron chi connectivity index (χ2n) is 11.1. The number of carbonyl (C=O) groups is 2. The Morgan fingerprint density at radius 3 is 2.81 bits per heavy atom. The maximum Gasteiger partial charge on any atom is 0.249 e. The van der Waals surface area contributed by atoms with Crippen LogP contribution in [0.2, 0.25) is 0 Å². The molecule has 6 nitrogen and oxygen atoms in total. The summed E-state index contributed by atoms with van der Waals surface area (Å²) in [6.07, 6.45) is 5.64. The highest BCUT2D eigenvalue weighted by molar-refractivity contribution is 6.06. The van der Waals surface area contributed by atoms with Gasteiger partial charge in [-0.25, -0.2) is 0 Å².